The summed E-state index contributed by atoms with van der Waals surface area (Å²) < 4.78 is 8.58. The number of nitrogens with zero attached hydrogens (tertiary/aromatic N) is 4. The lowest BCUT2D eigenvalue weighted by Crippen LogP contribution is -2.04. The summed E-state index contributed by atoms with van der Waals surface area (Å²) in [5.74, 6) is 0.641. The Hall–Kier alpha value is -7.37. The van der Waals surface area contributed by atoms with E-state index in [9.17, 15) is 0 Å². The first-order valence-electron chi connectivity index (χ1n) is 18.2. The minimum atomic E-state index is 0.641. The van der Waals surface area contributed by atoms with E-state index in [1.807, 2.05) is 24.3 Å². The second-order valence-corrected chi connectivity index (χ2v) is 13.9. The third-order valence-corrected chi connectivity index (χ3v) is 11.0. The van der Waals surface area contributed by atoms with Crippen LogP contribution < -0.4 is 0 Å². The first kappa shape index (κ1) is 29.2. The van der Waals surface area contributed by atoms with Gasteiger partial charge in [0.25, 0.3) is 0 Å². The van der Waals surface area contributed by atoms with Crippen molar-refractivity contribution < 1.29 is 4.42 Å². The number of rotatable bonds is 3. The average Bonchev–Trinajstić information content (AvgIpc) is 3.77. The fourth-order valence-corrected chi connectivity index (χ4v) is 8.59. The third kappa shape index (κ3) is 4.12. The van der Waals surface area contributed by atoms with Gasteiger partial charge in [0.1, 0.15) is 11.2 Å². The molecular formula is C49H28N4O. The van der Waals surface area contributed by atoms with E-state index in [4.69, 9.17) is 19.4 Å². The Morgan fingerprint density at radius 3 is 1.89 bits per heavy atom. The summed E-state index contributed by atoms with van der Waals surface area (Å²) in [6.07, 6.45) is 0. The summed E-state index contributed by atoms with van der Waals surface area (Å²) in [4.78, 5) is 16.1. The molecule has 12 rings (SSSR count). The Morgan fingerprint density at radius 1 is 0.370 bits per heavy atom. The first-order chi connectivity index (χ1) is 26.8. The number of furan rings is 1. The zero-order valence-corrected chi connectivity index (χ0v) is 28.9. The van der Waals surface area contributed by atoms with E-state index in [0.29, 0.717) is 5.95 Å². The highest BCUT2D eigenvalue weighted by Crippen LogP contribution is 2.44. The highest BCUT2D eigenvalue weighted by atomic mass is 16.3. The van der Waals surface area contributed by atoms with Crippen molar-refractivity contribution in [2.45, 2.75) is 0 Å². The number of hydrogen-bond donors (Lipinski definition) is 0. The summed E-state index contributed by atoms with van der Waals surface area (Å²) in [5, 5.41) is 11.0. The van der Waals surface area contributed by atoms with E-state index < -0.39 is 0 Å². The Balaban J connectivity index is 1.20. The van der Waals surface area contributed by atoms with Gasteiger partial charge in [-0.25, -0.2) is 15.0 Å². The molecule has 0 fully saturated rings. The molecule has 0 N–H and O–H groups in total. The predicted octanol–water partition coefficient (Wildman–Crippen LogP) is 12.8. The number of pyridine rings is 1. The van der Waals surface area contributed by atoms with Crippen LogP contribution >= 0.6 is 0 Å². The monoisotopic (exact) mass is 688 g/mol. The van der Waals surface area contributed by atoms with Gasteiger partial charge >= 0.3 is 0 Å². The summed E-state index contributed by atoms with van der Waals surface area (Å²) in [5.41, 5.74) is 9.72. The summed E-state index contributed by atoms with van der Waals surface area (Å²) in [7, 11) is 0. The minimum absolute atomic E-state index is 0.641. The van der Waals surface area contributed by atoms with E-state index in [1.54, 1.807) is 0 Å². The smallest absolute Gasteiger partial charge is 0.235 e. The van der Waals surface area contributed by atoms with Crippen LogP contribution in [0, 0.1) is 0 Å². The quantitative estimate of drug-likeness (QED) is 0.173. The zero-order chi connectivity index (χ0) is 35.3. The van der Waals surface area contributed by atoms with Gasteiger partial charge in [0.05, 0.1) is 33.5 Å². The van der Waals surface area contributed by atoms with Gasteiger partial charge in [-0.05, 0) is 47.2 Å². The molecule has 250 valence electrons. The number of benzene rings is 8. The molecule has 0 aliphatic heterocycles. The van der Waals surface area contributed by atoms with Gasteiger partial charge in [0, 0.05) is 54.2 Å². The molecule has 0 saturated heterocycles. The summed E-state index contributed by atoms with van der Waals surface area (Å²) >= 11 is 0. The molecule has 4 heterocycles. The van der Waals surface area contributed by atoms with Crippen molar-refractivity contribution in [3.63, 3.8) is 0 Å². The van der Waals surface area contributed by atoms with Gasteiger partial charge in [-0.15, -0.1) is 0 Å². The fourth-order valence-electron chi connectivity index (χ4n) is 8.59. The Bertz CT molecular complexity index is 3510. The van der Waals surface area contributed by atoms with Crippen LogP contribution in [0.15, 0.2) is 174 Å². The van der Waals surface area contributed by atoms with Gasteiger partial charge in [0.15, 0.2) is 0 Å². The topological polar surface area (TPSA) is 56.7 Å². The molecule has 0 amide bonds. The maximum absolute atomic E-state index is 6.33. The van der Waals surface area contributed by atoms with Crippen LogP contribution in [0.1, 0.15) is 0 Å². The number of fused-ring (bicyclic) bond motifs is 12. The number of hydrogen-bond acceptors (Lipinski definition) is 4. The van der Waals surface area contributed by atoms with Crippen molar-refractivity contribution in [2.75, 3.05) is 0 Å². The number of aromatic nitrogens is 4. The lowest BCUT2D eigenvalue weighted by molar-refractivity contribution is 0.669. The lowest BCUT2D eigenvalue weighted by atomic mass is 9.94. The van der Waals surface area contributed by atoms with Gasteiger partial charge in [0.2, 0.25) is 5.95 Å². The van der Waals surface area contributed by atoms with Crippen molar-refractivity contribution in [3.05, 3.63) is 170 Å². The molecule has 5 nitrogen and oxygen atoms in total. The van der Waals surface area contributed by atoms with Crippen molar-refractivity contribution in [1.29, 1.82) is 0 Å². The van der Waals surface area contributed by atoms with Crippen LogP contribution in [0.4, 0.5) is 0 Å². The highest BCUT2D eigenvalue weighted by Gasteiger charge is 2.22. The fraction of sp³-hybridized carbons (Fsp3) is 0. The third-order valence-electron chi connectivity index (χ3n) is 11.0. The van der Waals surface area contributed by atoms with Crippen LogP contribution in [-0.2, 0) is 0 Å². The van der Waals surface area contributed by atoms with Crippen LogP contribution in [0.3, 0.4) is 0 Å². The molecule has 0 bridgehead atoms. The maximum atomic E-state index is 6.33. The average molecular weight is 689 g/mol. The van der Waals surface area contributed by atoms with Gasteiger partial charge in [-0.1, -0.05) is 133 Å². The Labute approximate surface area is 308 Å². The minimum Gasteiger partial charge on any atom is -0.456 e. The molecule has 0 saturated carbocycles. The number of para-hydroxylation sites is 3. The summed E-state index contributed by atoms with van der Waals surface area (Å²) in [6, 6.07) is 59.5. The van der Waals surface area contributed by atoms with Crippen molar-refractivity contribution in [1.82, 2.24) is 19.5 Å². The van der Waals surface area contributed by atoms with E-state index >= 15 is 0 Å². The molecule has 0 spiro atoms. The predicted molar refractivity (Wildman–Crippen MR) is 222 cm³/mol. The molecule has 0 radical (unpaired) electrons. The maximum Gasteiger partial charge on any atom is 0.235 e. The Morgan fingerprint density at radius 2 is 1.04 bits per heavy atom. The molecule has 0 unspecified atom stereocenters. The van der Waals surface area contributed by atoms with E-state index in [2.05, 4.69) is 150 Å². The van der Waals surface area contributed by atoms with Crippen LogP contribution in [0.5, 0.6) is 0 Å². The molecule has 0 atom stereocenters. The van der Waals surface area contributed by atoms with Crippen molar-refractivity contribution in [2.24, 2.45) is 0 Å². The Kier molecular flexibility index (Phi) is 5.99. The van der Waals surface area contributed by atoms with Gasteiger partial charge < -0.3 is 4.42 Å². The van der Waals surface area contributed by atoms with Crippen molar-refractivity contribution in [3.8, 4) is 28.5 Å². The molecule has 0 aliphatic carbocycles. The summed E-state index contributed by atoms with van der Waals surface area (Å²) in [6.45, 7) is 0. The normalized spacial score (nSPS) is 12.1. The second-order valence-electron chi connectivity index (χ2n) is 13.9. The van der Waals surface area contributed by atoms with E-state index in [-0.39, 0.29) is 0 Å². The highest BCUT2D eigenvalue weighted by molar-refractivity contribution is 6.24. The zero-order valence-electron chi connectivity index (χ0n) is 28.9. The van der Waals surface area contributed by atoms with E-state index in [1.165, 1.54) is 0 Å². The standard InChI is InChI=1S/C49H28N4O/c1-2-14-29(15-3-1)46-36-22-8-11-23-41(36)51-49(52-46)53-43-24-12-9-18-32(43)40-26-39(31-17-5-7-21-35(31)48(40)53)47-34-20-6-4-16-30(34)37-28-45-38(27-42(37)50-47)33-19-10-13-25-44(33)54-45/h1-28H. The largest absolute Gasteiger partial charge is 0.456 e. The molecule has 5 heteroatoms. The van der Waals surface area contributed by atoms with Crippen LogP contribution in [-0.4, -0.2) is 19.5 Å². The SMILES string of the molecule is c1ccc(-c2nc(-n3c4ccccc4c4cc(-c5nc6cc7c(cc6c6ccccc56)oc5ccccc57)c5ccccc5c43)nc3ccccc23)cc1. The lowest BCUT2D eigenvalue weighted by Gasteiger charge is -2.15. The van der Waals surface area contributed by atoms with E-state index in [0.717, 1.165) is 110 Å². The van der Waals surface area contributed by atoms with Gasteiger partial charge in [-0.3, -0.25) is 4.57 Å². The molecule has 4 aromatic heterocycles. The molecule has 8 aromatic carbocycles. The van der Waals surface area contributed by atoms with Crippen LogP contribution in [0.25, 0.3) is 116 Å². The van der Waals surface area contributed by atoms with Crippen LogP contribution in [0.2, 0.25) is 0 Å². The molecule has 12 aromatic rings. The van der Waals surface area contributed by atoms with Crippen molar-refractivity contribution >= 4 is 87.1 Å². The second kappa shape index (κ2) is 11.1. The molecular weight excluding hydrogens is 661 g/mol. The molecule has 0 aliphatic rings. The van der Waals surface area contributed by atoms with Gasteiger partial charge in [-0.2, -0.15) is 0 Å². The first-order valence-corrected chi connectivity index (χ1v) is 18.2. The molecule has 54 heavy (non-hydrogen) atoms.